The summed E-state index contributed by atoms with van der Waals surface area (Å²) < 4.78 is 25.4. The SMILES string of the molecule is COCc1c(C(=O)OCC(=O)c2ccc3c(c2)CCCC3)sc2cccc(F)c12. The van der Waals surface area contributed by atoms with Gasteiger partial charge in [-0.3, -0.25) is 4.79 Å². The third-order valence-corrected chi connectivity index (χ3v) is 6.42. The Kier molecular flexibility index (Phi) is 5.74. The Bertz CT molecular complexity index is 1090. The maximum absolute atomic E-state index is 14.3. The fourth-order valence-corrected chi connectivity index (χ4v) is 4.92. The number of hydrogen-bond donors (Lipinski definition) is 0. The molecule has 1 aromatic heterocycles. The van der Waals surface area contributed by atoms with Crippen molar-refractivity contribution in [2.75, 3.05) is 13.7 Å². The molecular weight excluding hydrogens is 391 g/mol. The fraction of sp³-hybridized carbons (Fsp3) is 0.304. The average Bonchev–Trinajstić information content (AvgIpc) is 3.11. The van der Waals surface area contributed by atoms with Gasteiger partial charge in [0.25, 0.3) is 0 Å². The molecule has 0 spiro atoms. The van der Waals surface area contributed by atoms with Crippen LogP contribution in [0.1, 0.15) is 49.6 Å². The summed E-state index contributed by atoms with van der Waals surface area (Å²) in [6.07, 6.45) is 4.33. The largest absolute Gasteiger partial charge is 0.453 e. The highest BCUT2D eigenvalue weighted by atomic mass is 32.1. The third kappa shape index (κ3) is 3.95. The van der Waals surface area contributed by atoms with Gasteiger partial charge in [0.05, 0.1) is 6.61 Å². The first kappa shape index (κ1) is 19.7. The molecule has 3 aromatic rings. The first-order valence-electron chi connectivity index (χ1n) is 9.59. The lowest BCUT2D eigenvalue weighted by Gasteiger charge is -2.16. The standard InChI is InChI=1S/C23H21FO4S/c1-27-12-17-21-18(24)7-4-8-20(21)29-22(17)23(26)28-13-19(25)16-10-9-14-5-2-3-6-15(14)11-16/h4,7-11H,2-3,5-6,12-13H2,1H3. The Hall–Kier alpha value is -2.57. The zero-order valence-corrected chi connectivity index (χ0v) is 16.9. The normalized spacial score (nSPS) is 13.3. The van der Waals surface area contributed by atoms with Gasteiger partial charge >= 0.3 is 5.97 Å². The number of rotatable bonds is 6. The molecule has 6 heteroatoms. The second-order valence-corrected chi connectivity index (χ2v) is 8.20. The molecule has 1 heterocycles. The highest BCUT2D eigenvalue weighted by Crippen LogP contribution is 2.34. The first-order chi connectivity index (χ1) is 14.1. The van der Waals surface area contributed by atoms with Gasteiger partial charge in [-0.1, -0.05) is 18.2 Å². The van der Waals surface area contributed by atoms with Gasteiger partial charge in [0.2, 0.25) is 0 Å². The van der Waals surface area contributed by atoms with Crippen molar-refractivity contribution in [3.8, 4) is 0 Å². The molecule has 29 heavy (non-hydrogen) atoms. The minimum atomic E-state index is -0.635. The van der Waals surface area contributed by atoms with E-state index in [1.165, 1.54) is 30.7 Å². The number of benzene rings is 2. The zero-order valence-electron chi connectivity index (χ0n) is 16.1. The second kappa shape index (κ2) is 8.43. The molecule has 0 aliphatic heterocycles. The molecule has 0 bridgehead atoms. The monoisotopic (exact) mass is 412 g/mol. The van der Waals surface area contributed by atoms with Crippen LogP contribution >= 0.6 is 11.3 Å². The van der Waals surface area contributed by atoms with Gasteiger partial charge in [-0.2, -0.15) is 0 Å². The number of carbonyl (C=O) groups is 2. The zero-order chi connectivity index (χ0) is 20.4. The predicted molar refractivity (Wildman–Crippen MR) is 110 cm³/mol. The summed E-state index contributed by atoms with van der Waals surface area (Å²) in [5, 5.41) is 0.368. The number of ether oxygens (including phenoxy) is 2. The van der Waals surface area contributed by atoms with E-state index in [1.54, 1.807) is 18.2 Å². The van der Waals surface area contributed by atoms with Gasteiger partial charge < -0.3 is 9.47 Å². The van der Waals surface area contributed by atoms with Crippen LogP contribution in [0, 0.1) is 5.82 Å². The number of halogens is 1. The maximum atomic E-state index is 14.3. The van der Waals surface area contributed by atoms with Gasteiger partial charge in [0.1, 0.15) is 10.7 Å². The average molecular weight is 412 g/mol. The molecule has 4 rings (SSSR count). The number of Topliss-reactive ketones (excluding diaryl/α,β-unsaturated/α-hetero) is 1. The summed E-state index contributed by atoms with van der Waals surface area (Å²) in [7, 11) is 1.49. The molecule has 2 aromatic carbocycles. The number of ketones is 1. The van der Waals surface area contributed by atoms with E-state index in [0.717, 1.165) is 30.6 Å². The lowest BCUT2D eigenvalue weighted by Crippen LogP contribution is -2.15. The van der Waals surface area contributed by atoms with E-state index >= 15 is 0 Å². The van der Waals surface area contributed by atoms with E-state index in [0.29, 0.717) is 21.2 Å². The van der Waals surface area contributed by atoms with Crippen LogP contribution in [-0.4, -0.2) is 25.5 Å². The molecule has 150 valence electrons. The van der Waals surface area contributed by atoms with Crippen molar-refractivity contribution in [1.82, 2.24) is 0 Å². The number of hydrogen-bond acceptors (Lipinski definition) is 5. The molecule has 0 radical (unpaired) electrons. The summed E-state index contributed by atoms with van der Waals surface area (Å²) in [6.45, 7) is -0.259. The van der Waals surface area contributed by atoms with E-state index < -0.39 is 11.8 Å². The lowest BCUT2D eigenvalue weighted by molar-refractivity contribution is 0.0476. The van der Waals surface area contributed by atoms with Crippen molar-refractivity contribution in [2.45, 2.75) is 32.3 Å². The summed E-state index contributed by atoms with van der Waals surface area (Å²) in [6, 6.07) is 10.4. The van der Waals surface area contributed by atoms with Crippen LogP contribution < -0.4 is 0 Å². The van der Waals surface area contributed by atoms with Crippen LogP contribution in [0.4, 0.5) is 4.39 Å². The maximum Gasteiger partial charge on any atom is 0.349 e. The molecular formula is C23H21FO4S. The third-order valence-electron chi connectivity index (χ3n) is 5.24. The topological polar surface area (TPSA) is 52.6 Å². The van der Waals surface area contributed by atoms with Gasteiger partial charge in [-0.25, -0.2) is 9.18 Å². The van der Waals surface area contributed by atoms with Crippen molar-refractivity contribution < 1.29 is 23.5 Å². The molecule has 0 N–H and O–H groups in total. The van der Waals surface area contributed by atoms with E-state index in [-0.39, 0.29) is 23.9 Å². The lowest BCUT2D eigenvalue weighted by atomic mass is 9.90. The van der Waals surface area contributed by atoms with Crippen LogP contribution in [0.5, 0.6) is 0 Å². The Balaban J connectivity index is 1.52. The van der Waals surface area contributed by atoms with Crippen molar-refractivity contribution in [1.29, 1.82) is 0 Å². The highest BCUT2D eigenvalue weighted by molar-refractivity contribution is 7.21. The minimum Gasteiger partial charge on any atom is -0.453 e. The van der Waals surface area contributed by atoms with E-state index in [1.807, 2.05) is 12.1 Å². The number of thiophene rings is 1. The Morgan fingerprint density at radius 3 is 2.69 bits per heavy atom. The summed E-state index contributed by atoms with van der Waals surface area (Å²) in [5.74, 6) is -1.29. The minimum absolute atomic E-state index is 0.0874. The van der Waals surface area contributed by atoms with Crippen LogP contribution in [-0.2, 0) is 28.9 Å². The molecule has 1 aliphatic carbocycles. The van der Waals surface area contributed by atoms with Crippen molar-refractivity contribution in [2.24, 2.45) is 0 Å². The summed E-state index contributed by atoms with van der Waals surface area (Å²) >= 11 is 1.15. The van der Waals surface area contributed by atoms with Crippen molar-refractivity contribution in [3.63, 3.8) is 0 Å². The van der Waals surface area contributed by atoms with Crippen LogP contribution in [0.25, 0.3) is 10.1 Å². The molecule has 0 fully saturated rings. The molecule has 0 saturated heterocycles. The summed E-state index contributed by atoms with van der Waals surface area (Å²) in [4.78, 5) is 25.5. The number of methoxy groups -OCH3 is 1. The van der Waals surface area contributed by atoms with E-state index in [9.17, 15) is 14.0 Å². The molecule has 0 unspecified atom stereocenters. The van der Waals surface area contributed by atoms with Crippen LogP contribution in [0.3, 0.4) is 0 Å². The predicted octanol–water partition coefficient (Wildman–Crippen LogP) is 5.11. The van der Waals surface area contributed by atoms with Crippen molar-refractivity contribution >= 4 is 33.2 Å². The van der Waals surface area contributed by atoms with E-state index in [4.69, 9.17) is 9.47 Å². The van der Waals surface area contributed by atoms with Gasteiger partial charge in [-0.15, -0.1) is 11.3 Å². The number of esters is 1. The fourth-order valence-electron chi connectivity index (χ4n) is 3.80. The first-order valence-corrected chi connectivity index (χ1v) is 10.4. The molecule has 0 amide bonds. The van der Waals surface area contributed by atoms with Crippen LogP contribution in [0.15, 0.2) is 36.4 Å². The summed E-state index contributed by atoms with van der Waals surface area (Å²) in [5.41, 5.74) is 3.51. The Labute approximate surface area is 172 Å². The number of fused-ring (bicyclic) bond motifs is 2. The van der Waals surface area contributed by atoms with E-state index in [2.05, 4.69) is 0 Å². The number of carbonyl (C=O) groups excluding carboxylic acids is 2. The van der Waals surface area contributed by atoms with Crippen molar-refractivity contribution in [3.05, 3.63) is 69.3 Å². The molecule has 0 atom stereocenters. The van der Waals surface area contributed by atoms with Gasteiger partial charge in [0, 0.05) is 28.3 Å². The molecule has 1 aliphatic rings. The smallest absolute Gasteiger partial charge is 0.349 e. The van der Waals surface area contributed by atoms with Crippen LogP contribution in [0.2, 0.25) is 0 Å². The quantitative estimate of drug-likeness (QED) is 0.417. The van der Waals surface area contributed by atoms with Gasteiger partial charge in [0.15, 0.2) is 12.4 Å². The number of aryl methyl sites for hydroxylation is 2. The Morgan fingerprint density at radius 1 is 1.10 bits per heavy atom. The molecule has 4 nitrogen and oxygen atoms in total. The van der Waals surface area contributed by atoms with Gasteiger partial charge in [-0.05, 0) is 55.0 Å². The Morgan fingerprint density at radius 2 is 1.90 bits per heavy atom. The highest BCUT2D eigenvalue weighted by Gasteiger charge is 2.23. The second-order valence-electron chi connectivity index (χ2n) is 7.15. The molecule has 0 saturated carbocycles.